The molecule has 0 unspecified atom stereocenters. The number of halogens is 1. The van der Waals surface area contributed by atoms with Crippen LogP contribution in [0.5, 0.6) is 5.75 Å². The van der Waals surface area contributed by atoms with Crippen LogP contribution in [0.1, 0.15) is 49.3 Å². The third-order valence-electron chi connectivity index (χ3n) is 6.61. The zero-order valence-electron chi connectivity index (χ0n) is 20.4. The van der Waals surface area contributed by atoms with Gasteiger partial charge in [0.25, 0.3) is 5.91 Å². The number of para-hydroxylation sites is 1. The van der Waals surface area contributed by atoms with E-state index in [1.807, 2.05) is 0 Å². The van der Waals surface area contributed by atoms with Gasteiger partial charge in [0.05, 0.1) is 22.5 Å². The van der Waals surface area contributed by atoms with E-state index in [0.29, 0.717) is 29.9 Å². The van der Waals surface area contributed by atoms with Gasteiger partial charge in [0.2, 0.25) is 5.91 Å². The summed E-state index contributed by atoms with van der Waals surface area (Å²) >= 11 is 0. The molecule has 1 aromatic heterocycles. The number of carbonyl (C=O) groups is 3. The molecule has 2 atom stereocenters. The van der Waals surface area contributed by atoms with E-state index in [-0.39, 0.29) is 29.0 Å². The fraction of sp³-hybridized carbons (Fsp3) is 0.217. The number of rotatable bonds is 7. The van der Waals surface area contributed by atoms with Crippen LogP contribution in [0.15, 0.2) is 36.4 Å². The van der Waals surface area contributed by atoms with Crippen molar-refractivity contribution in [3.05, 3.63) is 75.9 Å². The van der Waals surface area contributed by atoms with Gasteiger partial charge in [0.1, 0.15) is 17.6 Å². The van der Waals surface area contributed by atoms with E-state index in [9.17, 15) is 43.3 Å². The SMILES string of the molecule is O=C(O)c1cccc2c1OB(O)[C@@H](NC(=O)[C@H](NC(=O)c1n[nH]c3c1CNC3)c1ccc(P(=O)(O)O)c(F)c1)C2. The molecule has 14 nitrogen and oxygen atoms in total. The third-order valence-corrected chi connectivity index (χ3v) is 7.60. The largest absolute Gasteiger partial charge is 0.547 e. The van der Waals surface area contributed by atoms with E-state index in [1.165, 1.54) is 12.1 Å². The number of aromatic amines is 1. The van der Waals surface area contributed by atoms with Crippen molar-refractivity contribution in [1.29, 1.82) is 0 Å². The van der Waals surface area contributed by atoms with Crippen LogP contribution < -0.4 is 25.9 Å². The van der Waals surface area contributed by atoms with Crippen molar-refractivity contribution >= 4 is 37.8 Å². The lowest BCUT2D eigenvalue weighted by Gasteiger charge is -2.30. The summed E-state index contributed by atoms with van der Waals surface area (Å²) in [6.45, 7) is 0.805. The average molecular weight is 573 g/mol. The summed E-state index contributed by atoms with van der Waals surface area (Å²) in [7, 11) is -6.62. The topological polar surface area (TPSA) is 223 Å². The minimum Gasteiger partial charge on any atom is -0.534 e. The monoisotopic (exact) mass is 573 g/mol. The maximum Gasteiger partial charge on any atom is 0.547 e. The molecule has 0 spiro atoms. The van der Waals surface area contributed by atoms with E-state index in [2.05, 4.69) is 26.1 Å². The molecule has 0 saturated heterocycles. The molecule has 3 heterocycles. The molecule has 8 N–H and O–H groups in total. The number of amides is 2. The highest BCUT2D eigenvalue weighted by atomic mass is 31.2. The molecule has 3 aromatic rings. The Morgan fingerprint density at radius 1 is 1.20 bits per heavy atom. The lowest BCUT2D eigenvalue weighted by molar-refractivity contribution is -0.123. The Morgan fingerprint density at radius 3 is 2.67 bits per heavy atom. The Kier molecular flexibility index (Phi) is 7.20. The molecule has 2 aliphatic rings. The molecule has 5 rings (SSSR count). The zero-order chi connectivity index (χ0) is 28.8. The van der Waals surface area contributed by atoms with Crippen LogP contribution in [0.3, 0.4) is 0 Å². The molecule has 0 saturated carbocycles. The van der Waals surface area contributed by atoms with Crippen molar-refractivity contribution in [2.45, 2.75) is 31.5 Å². The van der Waals surface area contributed by atoms with Crippen molar-refractivity contribution in [3.63, 3.8) is 0 Å². The first kappa shape index (κ1) is 27.5. The first-order valence-electron chi connectivity index (χ1n) is 11.9. The summed E-state index contributed by atoms with van der Waals surface area (Å²) in [5.41, 5.74) is 1.35. The number of carboxylic acids is 1. The molecular formula is C23H22BFN5O9P. The fourth-order valence-electron chi connectivity index (χ4n) is 4.66. The number of nitrogens with zero attached hydrogens (tertiary/aromatic N) is 1. The number of hydrogen-bond acceptors (Lipinski definition) is 8. The van der Waals surface area contributed by atoms with Gasteiger partial charge >= 0.3 is 20.7 Å². The Balaban J connectivity index is 1.44. The second-order valence-corrected chi connectivity index (χ2v) is 10.8. The highest BCUT2D eigenvalue weighted by Gasteiger charge is 2.40. The van der Waals surface area contributed by atoms with Gasteiger partial charge in [-0.1, -0.05) is 18.2 Å². The maximum absolute atomic E-state index is 14.7. The molecule has 0 aliphatic carbocycles. The number of fused-ring (bicyclic) bond motifs is 2. The molecule has 0 fully saturated rings. The van der Waals surface area contributed by atoms with E-state index in [0.717, 1.165) is 18.2 Å². The van der Waals surface area contributed by atoms with E-state index >= 15 is 0 Å². The van der Waals surface area contributed by atoms with Gasteiger partial charge in [-0.05, 0) is 35.7 Å². The van der Waals surface area contributed by atoms with Crippen LogP contribution in [0.25, 0.3) is 0 Å². The number of benzene rings is 2. The highest BCUT2D eigenvalue weighted by molar-refractivity contribution is 7.60. The lowest BCUT2D eigenvalue weighted by atomic mass is 9.72. The first-order chi connectivity index (χ1) is 18.9. The smallest absolute Gasteiger partial charge is 0.534 e. The lowest BCUT2D eigenvalue weighted by Crippen LogP contribution is -2.55. The van der Waals surface area contributed by atoms with Crippen LogP contribution in [-0.4, -0.2) is 61.0 Å². The van der Waals surface area contributed by atoms with E-state index in [1.54, 1.807) is 6.07 Å². The summed E-state index contributed by atoms with van der Waals surface area (Å²) in [6, 6.07) is 5.38. The maximum atomic E-state index is 14.7. The van der Waals surface area contributed by atoms with Gasteiger partial charge in [-0.2, -0.15) is 5.10 Å². The summed E-state index contributed by atoms with van der Waals surface area (Å²) in [6.07, 6.45) is -0.0337. The highest BCUT2D eigenvalue weighted by Crippen LogP contribution is 2.35. The molecule has 2 amide bonds. The van der Waals surface area contributed by atoms with E-state index < -0.39 is 55.6 Å². The fourth-order valence-corrected chi connectivity index (χ4v) is 5.27. The van der Waals surface area contributed by atoms with Gasteiger partial charge in [-0.25, -0.2) is 9.18 Å². The van der Waals surface area contributed by atoms with Crippen molar-refractivity contribution in [1.82, 2.24) is 26.1 Å². The number of hydrogen-bond donors (Lipinski definition) is 8. The molecule has 17 heteroatoms. The molecule has 2 aliphatic heterocycles. The number of H-pyrrole nitrogens is 1. The summed E-state index contributed by atoms with van der Waals surface area (Å²) in [5, 5.41) is 33.8. The van der Waals surface area contributed by atoms with Gasteiger partial charge in [0.15, 0.2) is 5.69 Å². The minimum absolute atomic E-state index is 0.00118. The van der Waals surface area contributed by atoms with Crippen LogP contribution in [-0.2, 0) is 28.9 Å². The quantitative estimate of drug-likeness (QED) is 0.130. The van der Waals surface area contributed by atoms with Crippen LogP contribution in [0.2, 0.25) is 0 Å². The van der Waals surface area contributed by atoms with Crippen molar-refractivity contribution in [3.8, 4) is 5.75 Å². The number of aromatic carboxylic acids is 1. The Bertz CT molecular complexity index is 1580. The Morgan fingerprint density at radius 2 is 1.98 bits per heavy atom. The molecular weight excluding hydrogens is 551 g/mol. The summed E-state index contributed by atoms with van der Waals surface area (Å²) in [4.78, 5) is 56.9. The molecule has 0 radical (unpaired) electrons. The second kappa shape index (κ2) is 10.5. The Labute approximate surface area is 225 Å². The van der Waals surface area contributed by atoms with Crippen LogP contribution >= 0.6 is 7.60 Å². The van der Waals surface area contributed by atoms with Crippen molar-refractivity contribution < 1.29 is 47.9 Å². The summed E-state index contributed by atoms with van der Waals surface area (Å²) in [5.74, 6) is -5.39. The number of nitrogens with one attached hydrogen (secondary N) is 4. The van der Waals surface area contributed by atoms with Crippen molar-refractivity contribution in [2.75, 3.05) is 0 Å². The normalized spacial score (nSPS) is 16.9. The minimum atomic E-state index is -4.96. The second-order valence-electron chi connectivity index (χ2n) is 9.22. The summed E-state index contributed by atoms with van der Waals surface area (Å²) < 4.78 is 31.7. The van der Waals surface area contributed by atoms with Gasteiger partial charge in [0, 0.05) is 18.7 Å². The van der Waals surface area contributed by atoms with E-state index in [4.69, 9.17) is 4.65 Å². The number of aromatic nitrogens is 2. The number of carbonyl (C=O) groups excluding carboxylic acids is 2. The molecule has 2 aromatic carbocycles. The van der Waals surface area contributed by atoms with Gasteiger partial charge in [-0.15, -0.1) is 0 Å². The molecule has 40 heavy (non-hydrogen) atoms. The van der Waals surface area contributed by atoms with Gasteiger partial charge in [-0.3, -0.25) is 19.3 Å². The standard InChI is InChI=1S/C23H22BFN5O9P/c25-14-6-10(4-5-16(14)40(36,37)38)18(28-22(32)19-13-8-26-9-15(13)29-30-19)21(31)27-17-7-11-2-1-3-12(23(33)34)20(11)39-24(17)35/h1-6,17-18,26,35H,7-9H2,(H,27,31)(H,28,32)(H,29,30)(H,33,34)(H2,36,37,38)/t17-,18+/m0/s1. The van der Waals surface area contributed by atoms with Crippen molar-refractivity contribution in [2.24, 2.45) is 0 Å². The third kappa shape index (κ3) is 5.22. The average Bonchev–Trinajstić information content (AvgIpc) is 3.50. The predicted octanol–water partition coefficient (Wildman–Crippen LogP) is -0.736. The molecule has 208 valence electrons. The number of carboxylic acid groups (broad SMARTS) is 1. The van der Waals surface area contributed by atoms with Crippen LogP contribution in [0, 0.1) is 5.82 Å². The first-order valence-corrected chi connectivity index (χ1v) is 13.5. The predicted molar refractivity (Wildman–Crippen MR) is 135 cm³/mol. The Hall–Kier alpha value is -4.08. The van der Waals surface area contributed by atoms with Gasteiger partial charge < -0.3 is 40.5 Å². The zero-order valence-corrected chi connectivity index (χ0v) is 21.3. The molecule has 0 bridgehead atoms. The van der Waals surface area contributed by atoms with Crippen LogP contribution in [0.4, 0.5) is 4.39 Å².